The topological polar surface area (TPSA) is 80.3 Å². The summed E-state index contributed by atoms with van der Waals surface area (Å²) in [5, 5.41) is 3.26. The summed E-state index contributed by atoms with van der Waals surface area (Å²) in [5.41, 5.74) is 0.203. The largest absolute Gasteiger partial charge is 0.303 e. The van der Waals surface area contributed by atoms with Crippen molar-refractivity contribution in [2.24, 2.45) is 0 Å². The van der Waals surface area contributed by atoms with Crippen LogP contribution >= 0.6 is 0 Å². The van der Waals surface area contributed by atoms with Crippen molar-refractivity contribution in [3.8, 4) is 0 Å². The minimum absolute atomic E-state index is 0.00197. The Hall–Kier alpha value is -0.920. The van der Waals surface area contributed by atoms with Crippen LogP contribution in [0.5, 0.6) is 0 Å². The number of fused-ring (bicyclic) bond motifs is 1. The zero-order valence-electron chi connectivity index (χ0n) is 11.2. The zero-order valence-corrected chi connectivity index (χ0v) is 12.8. The Morgan fingerprint density at radius 3 is 2.55 bits per heavy atom. The van der Waals surface area contributed by atoms with Gasteiger partial charge in [0.1, 0.15) is 0 Å². The number of nitrogens with one attached hydrogen (secondary N) is 1. The summed E-state index contributed by atoms with van der Waals surface area (Å²) < 4.78 is 47.5. The van der Waals surface area contributed by atoms with Crippen LogP contribution in [-0.2, 0) is 19.7 Å². The Morgan fingerprint density at radius 2 is 1.90 bits per heavy atom. The molecule has 7 heteroatoms. The van der Waals surface area contributed by atoms with Gasteiger partial charge in [0.25, 0.3) is 0 Å². The molecule has 1 N–H and O–H groups in total. The van der Waals surface area contributed by atoms with E-state index in [1.807, 2.05) is 13.0 Å². The quantitative estimate of drug-likeness (QED) is 0.868. The van der Waals surface area contributed by atoms with Crippen molar-refractivity contribution in [1.82, 2.24) is 5.32 Å². The van der Waals surface area contributed by atoms with Crippen molar-refractivity contribution in [2.45, 2.75) is 29.8 Å². The number of rotatable bonds is 2. The standard InChI is InChI=1S/C13H17NO4S2/c1-13(6-7-19(15,16)9-13)14-11-8-20(17,18)12-5-3-2-4-10(11)12/h2-5,11,14H,6-9H2,1H3. The molecule has 0 spiro atoms. The molecule has 0 aromatic heterocycles. The highest BCUT2D eigenvalue weighted by Crippen LogP contribution is 2.36. The van der Waals surface area contributed by atoms with Gasteiger partial charge in [0.15, 0.2) is 19.7 Å². The first-order chi connectivity index (χ1) is 9.21. The molecule has 5 nitrogen and oxygen atoms in total. The van der Waals surface area contributed by atoms with Crippen LogP contribution in [0, 0.1) is 0 Å². The van der Waals surface area contributed by atoms with Crippen molar-refractivity contribution in [3.63, 3.8) is 0 Å². The van der Waals surface area contributed by atoms with Crippen LogP contribution in [0.25, 0.3) is 0 Å². The summed E-state index contributed by atoms with van der Waals surface area (Å²) in [5.74, 6) is 0.234. The minimum Gasteiger partial charge on any atom is -0.303 e. The van der Waals surface area contributed by atoms with Gasteiger partial charge in [-0.25, -0.2) is 16.8 Å². The highest BCUT2D eigenvalue weighted by molar-refractivity contribution is 7.92. The molecule has 2 aliphatic heterocycles. The lowest BCUT2D eigenvalue weighted by Crippen LogP contribution is -2.45. The van der Waals surface area contributed by atoms with E-state index in [9.17, 15) is 16.8 Å². The maximum absolute atomic E-state index is 12.1. The predicted molar refractivity (Wildman–Crippen MR) is 76.0 cm³/mol. The molecule has 1 fully saturated rings. The molecule has 1 aromatic carbocycles. The maximum atomic E-state index is 12.1. The lowest BCUT2D eigenvalue weighted by molar-refractivity contribution is 0.358. The molecule has 1 aromatic rings. The average Bonchev–Trinajstić information content (AvgIpc) is 2.75. The molecule has 0 amide bonds. The number of benzene rings is 1. The number of hydrogen-bond donors (Lipinski definition) is 1. The van der Waals surface area contributed by atoms with Gasteiger partial charge >= 0.3 is 0 Å². The van der Waals surface area contributed by atoms with Gasteiger partial charge in [0, 0.05) is 11.6 Å². The van der Waals surface area contributed by atoms with Crippen LogP contribution < -0.4 is 5.32 Å². The molecule has 1 saturated heterocycles. The Morgan fingerprint density at radius 1 is 1.20 bits per heavy atom. The van der Waals surface area contributed by atoms with E-state index in [1.165, 1.54) is 0 Å². The molecule has 2 aliphatic rings. The summed E-state index contributed by atoms with van der Waals surface area (Å²) in [6, 6.07) is 6.60. The van der Waals surface area contributed by atoms with E-state index in [0.717, 1.165) is 5.56 Å². The maximum Gasteiger partial charge on any atom is 0.180 e. The van der Waals surface area contributed by atoms with E-state index >= 15 is 0 Å². The minimum atomic E-state index is -3.26. The second-order valence-electron chi connectivity index (χ2n) is 5.92. The molecule has 0 saturated carbocycles. The molecular formula is C13H17NO4S2. The second-order valence-corrected chi connectivity index (χ2v) is 10.1. The second kappa shape index (κ2) is 4.29. The van der Waals surface area contributed by atoms with E-state index in [1.54, 1.807) is 18.2 Å². The van der Waals surface area contributed by atoms with Gasteiger partial charge in [-0.05, 0) is 25.0 Å². The third kappa shape index (κ3) is 2.38. The molecule has 0 bridgehead atoms. The zero-order chi connectivity index (χ0) is 14.6. The van der Waals surface area contributed by atoms with E-state index in [2.05, 4.69) is 5.32 Å². The molecule has 110 valence electrons. The molecule has 0 aliphatic carbocycles. The van der Waals surface area contributed by atoms with Crippen LogP contribution in [0.4, 0.5) is 0 Å². The fraction of sp³-hybridized carbons (Fsp3) is 0.538. The SMILES string of the molecule is CC1(NC2CS(=O)(=O)c3ccccc32)CCS(=O)(=O)C1. The van der Waals surface area contributed by atoms with Crippen molar-refractivity contribution in [1.29, 1.82) is 0 Å². The van der Waals surface area contributed by atoms with Gasteiger partial charge in [-0.1, -0.05) is 18.2 Å². The Labute approximate surface area is 119 Å². The van der Waals surface area contributed by atoms with Gasteiger partial charge in [-0.2, -0.15) is 0 Å². The van der Waals surface area contributed by atoms with Crippen molar-refractivity contribution < 1.29 is 16.8 Å². The molecule has 2 unspecified atom stereocenters. The summed E-state index contributed by atoms with van der Waals surface area (Å²) >= 11 is 0. The normalized spacial score (nSPS) is 34.0. The summed E-state index contributed by atoms with van der Waals surface area (Å²) in [4.78, 5) is 0.363. The van der Waals surface area contributed by atoms with Crippen LogP contribution in [0.2, 0.25) is 0 Å². The summed E-state index contributed by atoms with van der Waals surface area (Å²) in [7, 11) is -6.28. The molecule has 20 heavy (non-hydrogen) atoms. The van der Waals surface area contributed by atoms with Crippen LogP contribution in [-0.4, -0.2) is 39.6 Å². The van der Waals surface area contributed by atoms with Crippen molar-refractivity contribution >= 4 is 19.7 Å². The predicted octanol–water partition coefficient (Wildman–Crippen LogP) is 0.682. The third-order valence-corrected chi connectivity index (χ3v) is 7.76. The highest BCUT2D eigenvalue weighted by atomic mass is 32.2. The molecule has 3 rings (SSSR count). The lowest BCUT2D eigenvalue weighted by Gasteiger charge is -2.28. The van der Waals surface area contributed by atoms with Gasteiger partial charge in [0.2, 0.25) is 0 Å². The summed E-state index contributed by atoms with van der Waals surface area (Å²) in [6.07, 6.45) is 0.522. The van der Waals surface area contributed by atoms with E-state index in [0.29, 0.717) is 11.3 Å². The van der Waals surface area contributed by atoms with Gasteiger partial charge in [-0.3, -0.25) is 0 Å². The average molecular weight is 315 g/mol. The van der Waals surface area contributed by atoms with Crippen molar-refractivity contribution in [2.75, 3.05) is 17.3 Å². The first-order valence-corrected chi connectivity index (χ1v) is 9.98. The Balaban J connectivity index is 1.91. The van der Waals surface area contributed by atoms with Crippen LogP contribution in [0.15, 0.2) is 29.2 Å². The smallest absolute Gasteiger partial charge is 0.180 e. The third-order valence-electron chi connectivity index (χ3n) is 4.04. The lowest BCUT2D eigenvalue weighted by atomic mass is 9.98. The van der Waals surface area contributed by atoms with E-state index in [-0.39, 0.29) is 23.3 Å². The monoisotopic (exact) mass is 315 g/mol. The fourth-order valence-corrected chi connectivity index (χ4v) is 6.96. The highest BCUT2D eigenvalue weighted by Gasteiger charge is 2.43. The number of hydrogen-bond acceptors (Lipinski definition) is 5. The molecule has 2 atom stereocenters. The first-order valence-electron chi connectivity index (χ1n) is 6.51. The van der Waals surface area contributed by atoms with Crippen LogP contribution in [0.3, 0.4) is 0 Å². The first kappa shape index (κ1) is 14.0. The van der Waals surface area contributed by atoms with Crippen molar-refractivity contribution in [3.05, 3.63) is 29.8 Å². The van der Waals surface area contributed by atoms with Gasteiger partial charge in [0.05, 0.1) is 22.2 Å². The van der Waals surface area contributed by atoms with E-state index in [4.69, 9.17) is 0 Å². The van der Waals surface area contributed by atoms with Crippen LogP contribution in [0.1, 0.15) is 24.9 Å². The van der Waals surface area contributed by atoms with Gasteiger partial charge < -0.3 is 5.32 Å². The van der Waals surface area contributed by atoms with Gasteiger partial charge in [-0.15, -0.1) is 0 Å². The van der Waals surface area contributed by atoms with E-state index < -0.39 is 25.2 Å². The molecule has 0 radical (unpaired) electrons. The fourth-order valence-electron chi connectivity index (χ4n) is 3.11. The molecular weight excluding hydrogens is 298 g/mol. The molecule has 2 heterocycles. The Kier molecular flexibility index (Phi) is 3.01. The summed E-state index contributed by atoms with van der Waals surface area (Å²) in [6.45, 7) is 1.85. The number of sulfone groups is 2. The Bertz CT molecular complexity index is 754.